The van der Waals surface area contributed by atoms with Crippen LogP contribution < -0.4 is 0 Å². The molecule has 8 heteroatoms. The zero-order chi connectivity index (χ0) is 23.8. The van der Waals surface area contributed by atoms with E-state index in [9.17, 15) is 14.4 Å². The molecule has 3 rings (SSSR count). The first-order chi connectivity index (χ1) is 15.7. The molecule has 1 aliphatic heterocycles. The summed E-state index contributed by atoms with van der Waals surface area (Å²) in [6, 6.07) is 9.49. The number of hydrogen-bond donors (Lipinski definition) is 0. The SMILES string of the molecule is CC(C)(C)OC(=O)CN1C=CSC(C2=CC=CC(=O)C2CN(C=O)OCc2ccccc2)=C1. The molecule has 33 heavy (non-hydrogen) atoms. The average molecular weight is 469 g/mol. The molecule has 0 saturated carbocycles. The van der Waals surface area contributed by atoms with Crippen LogP contribution in [-0.4, -0.2) is 46.8 Å². The number of benzene rings is 1. The molecular weight excluding hydrogens is 440 g/mol. The van der Waals surface area contributed by atoms with Gasteiger partial charge in [0.15, 0.2) is 5.78 Å². The van der Waals surface area contributed by atoms with Gasteiger partial charge in [0.05, 0.1) is 12.5 Å². The summed E-state index contributed by atoms with van der Waals surface area (Å²) in [5, 5.41) is 3.01. The van der Waals surface area contributed by atoms with Gasteiger partial charge in [0.25, 0.3) is 0 Å². The highest BCUT2D eigenvalue weighted by atomic mass is 32.2. The molecule has 1 amide bonds. The van der Waals surface area contributed by atoms with Gasteiger partial charge < -0.3 is 9.64 Å². The summed E-state index contributed by atoms with van der Waals surface area (Å²) in [6.45, 7) is 5.82. The van der Waals surface area contributed by atoms with E-state index in [1.54, 1.807) is 17.2 Å². The maximum Gasteiger partial charge on any atom is 0.326 e. The molecule has 7 nitrogen and oxygen atoms in total. The van der Waals surface area contributed by atoms with Crippen molar-refractivity contribution >= 4 is 29.9 Å². The molecule has 0 N–H and O–H groups in total. The van der Waals surface area contributed by atoms with Crippen molar-refractivity contribution in [2.75, 3.05) is 13.1 Å². The molecule has 1 heterocycles. The Bertz CT molecular complexity index is 992. The van der Waals surface area contributed by atoms with Crippen LogP contribution in [0.25, 0.3) is 0 Å². The number of esters is 1. The highest BCUT2D eigenvalue weighted by Crippen LogP contribution is 2.36. The van der Waals surface area contributed by atoms with Crippen LogP contribution in [0.5, 0.6) is 0 Å². The van der Waals surface area contributed by atoms with E-state index in [-0.39, 0.29) is 31.4 Å². The summed E-state index contributed by atoms with van der Waals surface area (Å²) in [6.07, 6.45) is 9.24. The Morgan fingerprint density at radius 3 is 2.70 bits per heavy atom. The molecule has 1 unspecified atom stereocenters. The Balaban J connectivity index is 1.69. The second kappa shape index (κ2) is 11.2. The highest BCUT2D eigenvalue weighted by molar-refractivity contribution is 8.06. The van der Waals surface area contributed by atoms with Crippen LogP contribution in [0.2, 0.25) is 0 Å². The first kappa shape index (κ1) is 24.5. The zero-order valence-electron chi connectivity index (χ0n) is 19.0. The van der Waals surface area contributed by atoms with Crippen LogP contribution in [0, 0.1) is 5.92 Å². The van der Waals surface area contributed by atoms with Crippen LogP contribution in [-0.2, 0) is 30.6 Å². The number of thioether (sulfide) groups is 1. The fourth-order valence-corrected chi connectivity index (χ4v) is 4.19. The van der Waals surface area contributed by atoms with Gasteiger partial charge in [-0.15, -0.1) is 0 Å². The molecule has 1 atom stereocenters. The van der Waals surface area contributed by atoms with Crippen molar-refractivity contribution in [1.82, 2.24) is 9.96 Å². The quantitative estimate of drug-likeness (QED) is 0.308. The lowest BCUT2D eigenvalue weighted by atomic mass is 9.89. The predicted octanol–water partition coefficient (Wildman–Crippen LogP) is 3.96. The lowest BCUT2D eigenvalue weighted by Gasteiger charge is -2.29. The molecule has 0 radical (unpaired) electrons. The van der Waals surface area contributed by atoms with Crippen molar-refractivity contribution in [3.63, 3.8) is 0 Å². The summed E-state index contributed by atoms with van der Waals surface area (Å²) in [5.41, 5.74) is 1.12. The van der Waals surface area contributed by atoms with Gasteiger partial charge >= 0.3 is 5.97 Å². The minimum Gasteiger partial charge on any atom is -0.459 e. The van der Waals surface area contributed by atoms with Gasteiger partial charge in [-0.3, -0.25) is 19.2 Å². The summed E-state index contributed by atoms with van der Waals surface area (Å²) in [5.74, 6) is -1.04. The van der Waals surface area contributed by atoms with Gasteiger partial charge in [-0.1, -0.05) is 54.2 Å². The summed E-state index contributed by atoms with van der Waals surface area (Å²) < 4.78 is 5.40. The van der Waals surface area contributed by atoms with Gasteiger partial charge in [0.2, 0.25) is 6.41 Å². The Morgan fingerprint density at radius 1 is 1.24 bits per heavy atom. The second-order valence-electron chi connectivity index (χ2n) is 8.56. The van der Waals surface area contributed by atoms with Crippen LogP contribution in [0.15, 0.2) is 76.8 Å². The third kappa shape index (κ3) is 7.47. The Morgan fingerprint density at radius 2 is 2.00 bits per heavy atom. The number of nitrogens with zero attached hydrogens (tertiary/aromatic N) is 2. The van der Waals surface area contributed by atoms with Gasteiger partial charge in [-0.05, 0) is 43.4 Å². The number of carbonyl (C=O) groups excluding carboxylic acids is 3. The Kier molecular flexibility index (Phi) is 8.30. The normalized spacial score (nSPS) is 18.0. The van der Waals surface area contributed by atoms with E-state index in [2.05, 4.69) is 0 Å². The maximum absolute atomic E-state index is 12.7. The molecular formula is C25H28N2O5S. The number of hydroxylamine groups is 2. The van der Waals surface area contributed by atoms with E-state index in [0.29, 0.717) is 6.41 Å². The number of ether oxygens (including phenoxy) is 1. The summed E-state index contributed by atoms with van der Waals surface area (Å²) in [7, 11) is 0. The van der Waals surface area contributed by atoms with Crippen molar-refractivity contribution in [3.05, 3.63) is 82.4 Å². The molecule has 2 aliphatic rings. The third-order valence-electron chi connectivity index (χ3n) is 4.72. The van der Waals surface area contributed by atoms with E-state index in [1.165, 1.54) is 17.8 Å². The molecule has 174 valence electrons. The first-order valence-corrected chi connectivity index (χ1v) is 11.5. The monoisotopic (exact) mass is 468 g/mol. The minimum atomic E-state index is -0.579. The lowest BCUT2D eigenvalue weighted by Crippen LogP contribution is -2.34. The fourth-order valence-electron chi connectivity index (χ4n) is 3.28. The molecule has 1 aromatic rings. The van der Waals surface area contributed by atoms with E-state index in [4.69, 9.17) is 9.57 Å². The van der Waals surface area contributed by atoms with E-state index in [1.807, 2.05) is 68.8 Å². The minimum absolute atomic E-state index is 0.0558. The van der Waals surface area contributed by atoms with Gasteiger partial charge in [-0.2, -0.15) is 0 Å². The number of hydrogen-bond acceptors (Lipinski definition) is 7. The van der Waals surface area contributed by atoms with E-state index < -0.39 is 11.5 Å². The smallest absolute Gasteiger partial charge is 0.326 e. The topological polar surface area (TPSA) is 76.2 Å². The highest BCUT2D eigenvalue weighted by Gasteiger charge is 2.29. The summed E-state index contributed by atoms with van der Waals surface area (Å²) >= 11 is 1.45. The Labute approximate surface area is 198 Å². The largest absolute Gasteiger partial charge is 0.459 e. The standard InChI is InChI=1S/C25H28N2O5S/c1-25(2,3)32-24(30)16-26-12-13-33-23(15-26)20-10-7-11-22(29)21(20)14-27(18-28)31-17-19-8-5-4-6-9-19/h4-13,15,18,21H,14,16-17H2,1-3H3. The zero-order valence-corrected chi connectivity index (χ0v) is 19.8. The fraction of sp³-hybridized carbons (Fsp3) is 0.320. The van der Waals surface area contributed by atoms with Crippen LogP contribution in [0.1, 0.15) is 26.3 Å². The van der Waals surface area contributed by atoms with Crippen molar-refractivity contribution in [3.8, 4) is 0 Å². The number of ketones is 1. The molecule has 0 aromatic heterocycles. The van der Waals surface area contributed by atoms with Gasteiger partial charge in [0.1, 0.15) is 18.8 Å². The first-order valence-electron chi connectivity index (χ1n) is 10.6. The summed E-state index contributed by atoms with van der Waals surface area (Å²) in [4.78, 5) is 44.8. The molecule has 0 spiro atoms. The number of carbonyl (C=O) groups is 3. The molecule has 0 fully saturated rings. The molecule has 1 aromatic carbocycles. The van der Waals surface area contributed by atoms with Crippen molar-refractivity contribution in [1.29, 1.82) is 0 Å². The molecule has 0 bridgehead atoms. The predicted molar refractivity (Wildman–Crippen MR) is 127 cm³/mol. The molecule has 0 saturated heterocycles. The average Bonchev–Trinajstić information content (AvgIpc) is 2.77. The van der Waals surface area contributed by atoms with Gasteiger partial charge in [-0.25, -0.2) is 5.06 Å². The van der Waals surface area contributed by atoms with Gasteiger partial charge in [0, 0.05) is 17.3 Å². The maximum atomic E-state index is 12.7. The third-order valence-corrected chi connectivity index (χ3v) is 5.57. The van der Waals surface area contributed by atoms with Crippen LogP contribution in [0.3, 0.4) is 0 Å². The second-order valence-corrected chi connectivity index (χ2v) is 9.50. The number of allylic oxidation sites excluding steroid dienone is 4. The van der Waals surface area contributed by atoms with Crippen molar-refractivity contribution in [2.24, 2.45) is 5.92 Å². The van der Waals surface area contributed by atoms with Crippen LogP contribution in [0.4, 0.5) is 0 Å². The van der Waals surface area contributed by atoms with Crippen molar-refractivity contribution in [2.45, 2.75) is 33.0 Å². The Hall–Kier alpha value is -3.10. The van der Waals surface area contributed by atoms with E-state index >= 15 is 0 Å². The number of amides is 1. The lowest BCUT2D eigenvalue weighted by molar-refractivity contribution is -0.180. The van der Waals surface area contributed by atoms with E-state index in [0.717, 1.165) is 21.1 Å². The molecule has 1 aliphatic carbocycles. The van der Waals surface area contributed by atoms with Crippen molar-refractivity contribution < 1.29 is 24.0 Å². The van der Waals surface area contributed by atoms with Crippen LogP contribution >= 0.6 is 11.8 Å². The number of rotatable bonds is 9.